The van der Waals surface area contributed by atoms with E-state index in [0.717, 1.165) is 30.8 Å². The molecule has 23 heavy (non-hydrogen) atoms. The molecule has 0 atom stereocenters. The molecule has 0 aliphatic rings. The molecule has 2 rings (SSSR count). The van der Waals surface area contributed by atoms with Gasteiger partial charge in [0.05, 0.1) is 19.0 Å². The highest BCUT2D eigenvalue weighted by Crippen LogP contribution is 2.19. The van der Waals surface area contributed by atoms with Gasteiger partial charge in [-0.05, 0) is 43.3 Å². The third-order valence-corrected chi connectivity index (χ3v) is 3.67. The first-order chi connectivity index (χ1) is 11.1. The van der Waals surface area contributed by atoms with E-state index in [1.165, 1.54) is 7.11 Å². The molecule has 0 aliphatic carbocycles. The summed E-state index contributed by atoms with van der Waals surface area (Å²) in [6, 6.07) is 5.40. The first-order valence-corrected chi connectivity index (χ1v) is 7.71. The summed E-state index contributed by atoms with van der Waals surface area (Å²) in [5, 5.41) is 6.80. The maximum absolute atomic E-state index is 11.7. The van der Waals surface area contributed by atoms with Crippen molar-refractivity contribution in [3.05, 3.63) is 48.0 Å². The van der Waals surface area contributed by atoms with Gasteiger partial charge in [0.25, 0.3) is 0 Å². The minimum absolute atomic E-state index is 0.356. The molecular weight excluding hydrogens is 312 g/mol. The molecule has 2 N–H and O–H groups in total. The average molecular weight is 332 g/mol. The number of esters is 1. The third-order valence-electron chi connectivity index (χ3n) is 3.43. The monoisotopic (exact) mass is 332 g/mol. The van der Waals surface area contributed by atoms with E-state index >= 15 is 0 Å². The number of anilines is 1. The van der Waals surface area contributed by atoms with Gasteiger partial charge in [-0.3, -0.25) is 0 Å². The summed E-state index contributed by atoms with van der Waals surface area (Å²) in [4.78, 5) is 15.7. The van der Waals surface area contributed by atoms with E-state index < -0.39 is 0 Å². The van der Waals surface area contributed by atoms with Crippen LogP contribution in [0.3, 0.4) is 0 Å². The molecule has 0 bridgehead atoms. The highest BCUT2D eigenvalue weighted by molar-refractivity contribution is 7.80. The van der Waals surface area contributed by atoms with E-state index in [9.17, 15) is 4.79 Å². The van der Waals surface area contributed by atoms with Crippen LogP contribution in [0, 0.1) is 6.92 Å². The van der Waals surface area contributed by atoms with Crippen molar-refractivity contribution in [2.75, 3.05) is 19.0 Å². The second-order valence-electron chi connectivity index (χ2n) is 5.00. The number of aromatic nitrogens is 2. The number of nitrogens with zero attached hydrogens (tertiary/aromatic N) is 2. The Morgan fingerprint density at radius 1 is 1.43 bits per heavy atom. The van der Waals surface area contributed by atoms with Crippen molar-refractivity contribution in [1.29, 1.82) is 0 Å². The molecule has 6 nitrogen and oxygen atoms in total. The summed E-state index contributed by atoms with van der Waals surface area (Å²) in [5.41, 5.74) is 2.13. The number of carbonyl (C=O) groups excluding carboxylic acids is 1. The first kappa shape index (κ1) is 17.0. The summed E-state index contributed by atoms with van der Waals surface area (Å²) < 4.78 is 6.79. The Bertz CT molecular complexity index is 671. The van der Waals surface area contributed by atoms with Crippen LogP contribution in [0.15, 0.2) is 36.9 Å². The lowest BCUT2D eigenvalue weighted by molar-refractivity contribution is 0.0600. The number of benzene rings is 1. The largest absolute Gasteiger partial charge is 0.465 e. The molecule has 0 aliphatic heterocycles. The zero-order chi connectivity index (χ0) is 16.7. The molecular formula is C16H20N4O2S. The number of methoxy groups -OCH3 is 1. The molecule has 1 aromatic heterocycles. The fourth-order valence-electron chi connectivity index (χ4n) is 2.15. The van der Waals surface area contributed by atoms with Gasteiger partial charge in [-0.15, -0.1) is 0 Å². The lowest BCUT2D eigenvalue weighted by atomic mass is 10.1. The molecule has 2 aromatic rings. The molecule has 0 saturated heterocycles. The molecule has 1 heterocycles. The number of nitrogens with one attached hydrogen (secondary N) is 2. The number of aryl methyl sites for hydroxylation is 1. The Balaban J connectivity index is 1.84. The molecule has 0 amide bonds. The van der Waals surface area contributed by atoms with Crippen LogP contribution in [0.1, 0.15) is 22.3 Å². The standard InChI is InChI=1S/C16H20N4O2S/c1-12-13(15(21)22-2)5-3-6-14(12)19-16(23)18-7-4-9-20-10-8-17-11-20/h3,5-6,8,10-11H,4,7,9H2,1-2H3,(H2,18,19,23). The zero-order valence-electron chi connectivity index (χ0n) is 13.2. The summed E-state index contributed by atoms with van der Waals surface area (Å²) in [6.45, 7) is 3.49. The fourth-order valence-corrected chi connectivity index (χ4v) is 2.36. The van der Waals surface area contributed by atoms with Gasteiger partial charge in [0.1, 0.15) is 0 Å². The van der Waals surface area contributed by atoms with Crippen LogP contribution < -0.4 is 10.6 Å². The predicted molar refractivity (Wildman–Crippen MR) is 93.6 cm³/mol. The van der Waals surface area contributed by atoms with Crippen LogP contribution in [0.25, 0.3) is 0 Å². The Morgan fingerprint density at radius 2 is 2.26 bits per heavy atom. The SMILES string of the molecule is COC(=O)c1cccc(NC(=S)NCCCn2ccnc2)c1C. The van der Waals surface area contributed by atoms with E-state index in [1.807, 2.05) is 23.8 Å². The molecule has 122 valence electrons. The molecule has 1 aromatic carbocycles. The zero-order valence-corrected chi connectivity index (χ0v) is 14.0. The van der Waals surface area contributed by atoms with Crippen molar-refractivity contribution in [3.8, 4) is 0 Å². The van der Waals surface area contributed by atoms with Crippen molar-refractivity contribution in [3.63, 3.8) is 0 Å². The van der Waals surface area contributed by atoms with Crippen molar-refractivity contribution >= 4 is 29.0 Å². The van der Waals surface area contributed by atoms with Gasteiger partial charge in [0.2, 0.25) is 0 Å². The van der Waals surface area contributed by atoms with Gasteiger partial charge in [-0.2, -0.15) is 0 Å². The van der Waals surface area contributed by atoms with Crippen LogP contribution in [0.2, 0.25) is 0 Å². The van der Waals surface area contributed by atoms with E-state index in [0.29, 0.717) is 10.7 Å². The Kier molecular flexibility index (Phi) is 6.10. The van der Waals surface area contributed by atoms with Crippen LogP contribution in [0.4, 0.5) is 5.69 Å². The Hall–Kier alpha value is -2.41. The van der Waals surface area contributed by atoms with E-state index in [2.05, 4.69) is 15.6 Å². The van der Waals surface area contributed by atoms with Gasteiger partial charge in [-0.1, -0.05) is 6.07 Å². The maximum atomic E-state index is 11.7. The maximum Gasteiger partial charge on any atom is 0.338 e. The van der Waals surface area contributed by atoms with Gasteiger partial charge in [-0.25, -0.2) is 9.78 Å². The van der Waals surface area contributed by atoms with Crippen molar-refractivity contribution < 1.29 is 9.53 Å². The predicted octanol–water partition coefficient (Wildman–Crippen LogP) is 2.35. The van der Waals surface area contributed by atoms with Gasteiger partial charge >= 0.3 is 5.97 Å². The quantitative estimate of drug-likeness (QED) is 0.481. The second kappa shape index (κ2) is 8.28. The highest BCUT2D eigenvalue weighted by atomic mass is 32.1. The lowest BCUT2D eigenvalue weighted by Crippen LogP contribution is -2.30. The van der Waals surface area contributed by atoms with Crippen molar-refractivity contribution in [1.82, 2.24) is 14.9 Å². The average Bonchev–Trinajstić information content (AvgIpc) is 3.06. The Labute approximate surface area is 140 Å². The van der Waals surface area contributed by atoms with Crippen LogP contribution in [-0.4, -0.2) is 34.3 Å². The summed E-state index contributed by atoms with van der Waals surface area (Å²) in [6.07, 6.45) is 6.41. The number of hydrogen-bond donors (Lipinski definition) is 2. The fraction of sp³-hybridized carbons (Fsp3) is 0.312. The van der Waals surface area contributed by atoms with Crippen LogP contribution in [0.5, 0.6) is 0 Å². The minimum atomic E-state index is -0.356. The highest BCUT2D eigenvalue weighted by Gasteiger charge is 2.12. The smallest absolute Gasteiger partial charge is 0.338 e. The van der Waals surface area contributed by atoms with E-state index in [-0.39, 0.29) is 5.97 Å². The normalized spacial score (nSPS) is 10.2. The van der Waals surface area contributed by atoms with Gasteiger partial charge < -0.3 is 19.9 Å². The summed E-state index contributed by atoms with van der Waals surface area (Å²) in [7, 11) is 1.37. The van der Waals surface area contributed by atoms with Crippen molar-refractivity contribution in [2.24, 2.45) is 0 Å². The van der Waals surface area contributed by atoms with Gasteiger partial charge in [0, 0.05) is 31.2 Å². The molecule has 0 saturated carbocycles. The molecule has 0 unspecified atom stereocenters. The molecule has 7 heteroatoms. The minimum Gasteiger partial charge on any atom is -0.465 e. The van der Waals surface area contributed by atoms with Gasteiger partial charge in [0.15, 0.2) is 5.11 Å². The number of carbonyl (C=O) groups is 1. The lowest BCUT2D eigenvalue weighted by Gasteiger charge is -2.14. The number of rotatable bonds is 6. The first-order valence-electron chi connectivity index (χ1n) is 7.30. The summed E-state index contributed by atoms with van der Waals surface area (Å²) in [5.74, 6) is -0.356. The number of ether oxygens (including phenoxy) is 1. The molecule has 0 radical (unpaired) electrons. The van der Waals surface area contributed by atoms with Crippen LogP contribution >= 0.6 is 12.2 Å². The summed E-state index contributed by atoms with van der Waals surface area (Å²) >= 11 is 5.29. The number of hydrogen-bond acceptors (Lipinski definition) is 4. The third kappa shape index (κ3) is 4.79. The molecule has 0 spiro atoms. The Morgan fingerprint density at radius 3 is 2.96 bits per heavy atom. The van der Waals surface area contributed by atoms with Crippen LogP contribution in [-0.2, 0) is 11.3 Å². The van der Waals surface area contributed by atoms with E-state index in [4.69, 9.17) is 17.0 Å². The number of imidazole rings is 1. The second-order valence-corrected chi connectivity index (χ2v) is 5.41. The number of thiocarbonyl (C=S) groups is 1. The molecule has 0 fully saturated rings. The van der Waals surface area contributed by atoms with E-state index in [1.54, 1.807) is 24.7 Å². The topological polar surface area (TPSA) is 68.2 Å². The van der Waals surface area contributed by atoms with Crippen molar-refractivity contribution in [2.45, 2.75) is 19.9 Å².